The summed E-state index contributed by atoms with van der Waals surface area (Å²) < 4.78 is 5.35. The van der Waals surface area contributed by atoms with Gasteiger partial charge in [-0.15, -0.1) is 0 Å². The Bertz CT molecular complexity index is 531. The minimum Gasteiger partial charge on any atom is -0.484 e. The standard InChI is InChI=1S/C13H15N3O2/c1-9-3-5-11(6-4-9)18-8-13(17)14-12-7-10(2)15-16-12/h3-7H,8H2,1-2H3,(H2,14,15,16,17). The molecule has 0 bridgehead atoms. The van der Waals surface area contributed by atoms with E-state index in [0.717, 1.165) is 11.3 Å². The first-order valence-electron chi connectivity index (χ1n) is 5.65. The van der Waals surface area contributed by atoms with Crippen molar-refractivity contribution in [2.75, 3.05) is 11.9 Å². The molecule has 0 saturated carbocycles. The van der Waals surface area contributed by atoms with Crippen molar-refractivity contribution >= 4 is 11.7 Å². The molecule has 0 fully saturated rings. The van der Waals surface area contributed by atoms with Gasteiger partial charge >= 0.3 is 0 Å². The highest BCUT2D eigenvalue weighted by atomic mass is 16.5. The van der Waals surface area contributed by atoms with E-state index in [1.165, 1.54) is 0 Å². The van der Waals surface area contributed by atoms with Gasteiger partial charge in [0.2, 0.25) is 0 Å². The minimum absolute atomic E-state index is 0.0328. The van der Waals surface area contributed by atoms with Crippen molar-refractivity contribution in [3.63, 3.8) is 0 Å². The lowest BCUT2D eigenvalue weighted by molar-refractivity contribution is -0.118. The highest BCUT2D eigenvalue weighted by Crippen LogP contribution is 2.11. The van der Waals surface area contributed by atoms with E-state index in [1.54, 1.807) is 6.07 Å². The Balaban J connectivity index is 1.83. The molecule has 1 aromatic carbocycles. The number of nitrogens with one attached hydrogen (secondary N) is 2. The van der Waals surface area contributed by atoms with Crippen molar-refractivity contribution in [3.8, 4) is 5.75 Å². The van der Waals surface area contributed by atoms with Crippen LogP contribution in [0.25, 0.3) is 0 Å². The number of ether oxygens (including phenoxy) is 1. The Morgan fingerprint density at radius 2 is 2.06 bits per heavy atom. The molecule has 5 heteroatoms. The number of benzene rings is 1. The number of anilines is 1. The van der Waals surface area contributed by atoms with Crippen LogP contribution in [0.15, 0.2) is 30.3 Å². The van der Waals surface area contributed by atoms with E-state index in [9.17, 15) is 4.79 Å². The third-order valence-corrected chi connectivity index (χ3v) is 2.36. The van der Waals surface area contributed by atoms with Crippen LogP contribution < -0.4 is 10.1 Å². The Labute approximate surface area is 105 Å². The largest absolute Gasteiger partial charge is 0.484 e. The first-order valence-corrected chi connectivity index (χ1v) is 5.65. The second-order valence-electron chi connectivity index (χ2n) is 4.09. The van der Waals surface area contributed by atoms with Gasteiger partial charge in [0.25, 0.3) is 5.91 Å². The van der Waals surface area contributed by atoms with Crippen LogP contribution in [0.5, 0.6) is 5.75 Å². The van der Waals surface area contributed by atoms with Crippen molar-refractivity contribution in [2.24, 2.45) is 0 Å². The fraction of sp³-hybridized carbons (Fsp3) is 0.231. The Morgan fingerprint density at radius 1 is 1.33 bits per heavy atom. The van der Waals surface area contributed by atoms with Gasteiger partial charge in [0.15, 0.2) is 12.4 Å². The summed E-state index contributed by atoms with van der Waals surface area (Å²) >= 11 is 0. The number of nitrogens with zero attached hydrogens (tertiary/aromatic N) is 1. The Kier molecular flexibility index (Phi) is 3.62. The molecule has 1 aromatic heterocycles. The fourth-order valence-corrected chi connectivity index (χ4v) is 1.44. The van der Waals surface area contributed by atoms with E-state index in [0.29, 0.717) is 11.6 Å². The number of carbonyl (C=O) groups is 1. The lowest BCUT2D eigenvalue weighted by atomic mass is 10.2. The molecule has 0 aliphatic heterocycles. The fourth-order valence-electron chi connectivity index (χ4n) is 1.44. The molecule has 0 aliphatic rings. The van der Waals surface area contributed by atoms with Gasteiger partial charge in [0.1, 0.15) is 5.75 Å². The molecule has 0 spiro atoms. The maximum atomic E-state index is 11.6. The monoisotopic (exact) mass is 245 g/mol. The van der Waals surface area contributed by atoms with Crippen LogP contribution in [0.1, 0.15) is 11.3 Å². The van der Waals surface area contributed by atoms with Crippen molar-refractivity contribution in [1.29, 1.82) is 0 Å². The van der Waals surface area contributed by atoms with Crippen LogP contribution in [-0.4, -0.2) is 22.7 Å². The molecule has 2 N–H and O–H groups in total. The SMILES string of the molecule is Cc1ccc(OCC(=O)Nc2cc(C)[nH]n2)cc1. The number of aromatic nitrogens is 2. The molecule has 0 aliphatic carbocycles. The molecule has 94 valence electrons. The van der Waals surface area contributed by atoms with Crippen LogP contribution in [0.4, 0.5) is 5.82 Å². The van der Waals surface area contributed by atoms with Crippen LogP contribution in [-0.2, 0) is 4.79 Å². The van der Waals surface area contributed by atoms with Crippen molar-refractivity contribution < 1.29 is 9.53 Å². The maximum Gasteiger partial charge on any atom is 0.263 e. The summed E-state index contributed by atoms with van der Waals surface area (Å²) in [6, 6.07) is 9.29. The van der Waals surface area contributed by atoms with Gasteiger partial charge in [-0.1, -0.05) is 17.7 Å². The van der Waals surface area contributed by atoms with Crippen LogP contribution in [0.2, 0.25) is 0 Å². The third kappa shape index (κ3) is 3.35. The topological polar surface area (TPSA) is 67.0 Å². The van der Waals surface area contributed by atoms with Gasteiger partial charge in [-0.2, -0.15) is 5.10 Å². The Morgan fingerprint density at radius 3 is 2.67 bits per heavy atom. The van der Waals surface area contributed by atoms with Crippen molar-refractivity contribution in [1.82, 2.24) is 10.2 Å². The molecule has 18 heavy (non-hydrogen) atoms. The molecule has 5 nitrogen and oxygen atoms in total. The van der Waals surface area contributed by atoms with Gasteiger partial charge in [-0.3, -0.25) is 9.89 Å². The van der Waals surface area contributed by atoms with E-state index >= 15 is 0 Å². The zero-order valence-corrected chi connectivity index (χ0v) is 10.4. The number of carbonyl (C=O) groups excluding carboxylic acids is 1. The summed E-state index contributed by atoms with van der Waals surface area (Å²) in [5.41, 5.74) is 2.04. The zero-order chi connectivity index (χ0) is 13.0. The third-order valence-electron chi connectivity index (χ3n) is 2.36. The lowest BCUT2D eigenvalue weighted by Crippen LogP contribution is -2.20. The van der Waals surface area contributed by atoms with E-state index in [2.05, 4.69) is 15.5 Å². The smallest absolute Gasteiger partial charge is 0.263 e. The second kappa shape index (κ2) is 5.35. The van der Waals surface area contributed by atoms with Gasteiger partial charge in [0, 0.05) is 11.8 Å². The number of hydrogen-bond acceptors (Lipinski definition) is 3. The molecule has 0 saturated heterocycles. The number of aryl methyl sites for hydroxylation is 2. The molecular weight excluding hydrogens is 230 g/mol. The molecule has 2 aromatic rings. The number of rotatable bonds is 4. The second-order valence-corrected chi connectivity index (χ2v) is 4.09. The predicted molar refractivity (Wildman–Crippen MR) is 68.6 cm³/mol. The van der Waals surface area contributed by atoms with Crippen molar-refractivity contribution in [2.45, 2.75) is 13.8 Å². The summed E-state index contributed by atoms with van der Waals surface area (Å²) in [5, 5.41) is 9.30. The predicted octanol–water partition coefficient (Wildman–Crippen LogP) is 2.04. The minimum atomic E-state index is -0.234. The first-order chi connectivity index (χ1) is 8.63. The molecule has 1 heterocycles. The van der Waals surface area contributed by atoms with Crippen LogP contribution in [0.3, 0.4) is 0 Å². The summed E-state index contributed by atoms with van der Waals surface area (Å²) in [7, 11) is 0. The average Bonchev–Trinajstić information content (AvgIpc) is 2.74. The molecule has 0 radical (unpaired) electrons. The number of amides is 1. The maximum absolute atomic E-state index is 11.6. The van der Waals surface area contributed by atoms with Crippen LogP contribution in [0, 0.1) is 13.8 Å². The Hall–Kier alpha value is -2.30. The molecule has 0 unspecified atom stereocenters. The average molecular weight is 245 g/mol. The van der Waals surface area contributed by atoms with E-state index in [-0.39, 0.29) is 12.5 Å². The van der Waals surface area contributed by atoms with Gasteiger partial charge in [-0.25, -0.2) is 0 Å². The molecule has 1 amide bonds. The number of aromatic amines is 1. The van der Waals surface area contributed by atoms with Crippen LogP contribution >= 0.6 is 0 Å². The molecule has 2 rings (SSSR count). The lowest BCUT2D eigenvalue weighted by Gasteiger charge is -2.05. The summed E-state index contributed by atoms with van der Waals surface area (Å²) in [6.45, 7) is 3.83. The van der Waals surface area contributed by atoms with E-state index in [1.807, 2.05) is 38.1 Å². The zero-order valence-electron chi connectivity index (χ0n) is 10.4. The number of hydrogen-bond donors (Lipinski definition) is 2. The first kappa shape index (κ1) is 12.2. The van der Waals surface area contributed by atoms with Gasteiger partial charge in [0.05, 0.1) is 0 Å². The highest BCUT2D eigenvalue weighted by molar-refractivity contribution is 5.90. The van der Waals surface area contributed by atoms with Gasteiger partial charge < -0.3 is 10.1 Å². The summed E-state index contributed by atoms with van der Waals surface area (Å²) in [4.78, 5) is 11.6. The van der Waals surface area contributed by atoms with Gasteiger partial charge in [-0.05, 0) is 26.0 Å². The summed E-state index contributed by atoms with van der Waals surface area (Å²) in [5.74, 6) is 0.945. The highest BCUT2D eigenvalue weighted by Gasteiger charge is 2.05. The molecule has 0 atom stereocenters. The van der Waals surface area contributed by atoms with E-state index in [4.69, 9.17) is 4.74 Å². The normalized spacial score (nSPS) is 10.1. The summed E-state index contributed by atoms with van der Waals surface area (Å²) in [6.07, 6.45) is 0. The van der Waals surface area contributed by atoms with E-state index < -0.39 is 0 Å². The van der Waals surface area contributed by atoms with Crippen molar-refractivity contribution in [3.05, 3.63) is 41.6 Å². The number of H-pyrrole nitrogens is 1. The quantitative estimate of drug-likeness (QED) is 0.866. The molecular formula is C13H15N3O2.